The zero-order valence-corrected chi connectivity index (χ0v) is 8.21. The van der Waals surface area contributed by atoms with Crippen LogP contribution in [0.5, 0.6) is 0 Å². The van der Waals surface area contributed by atoms with E-state index in [9.17, 15) is 5.11 Å². The Morgan fingerprint density at radius 1 is 1.33 bits per heavy atom. The second kappa shape index (κ2) is 4.83. The number of nitrogens with one attached hydrogen (secondary N) is 1. The molecule has 0 aromatic carbocycles. The van der Waals surface area contributed by atoms with Gasteiger partial charge in [-0.3, -0.25) is 0 Å². The second-order valence-corrected chi connectivity index (χ2v) is 4.17. The summed E-state index contributed by atoms with van der Waals surface area (Å²) in [7, 11) is 0. The fraction of sp³-hybridized carbons (Fsp3) is 1.00. The molecule has 0 bridgehead atoms. The molecule has 0 spiro atoms. The van der Waals surface area contributed by atoms with Crippen molar-refractivity contribution in [2.45, 2.75) is 51.7 Å². The number of aliphatic hydroxyl groups excluding tert-OH is 1. The molecule has 1 rings (SSSR count). The highest BCUT2D eigenvalue weighted by molar-refractivity contribution is 4.76. The first-order valence-electron chi connectivity index (χ1n) is 5.11. The van der Waals surface area contributed by atoms with E-state index in [-0.39, 0.29) is 6.10 Å². The maximum atomic E-state index is 9.74. The molecule has 2 heteroatoms. The summed E-state index contributed by atoms with van der Waals surface area (Å²) in [6.45, 7) is 4.99. The summed E-state index contributed by atoms with van der Waals surface area (Å²) in [5, 5.41) is 13.0. The van der Waals surface area contributed by atoms with Crippen LogP contribution < -0.4 is 5.32 Å². The molecular weight excluding hydrogens is 150 g/mol. The molecule has 1 saturated carbocycles. The van der Waals surface area contributed by atoms with E-state index in [1.807, 2.05) is 0 Å². The third-order valence-electron chi connectivity index (χ3n) is 2.68. The van der Waals surface area contributed by atoms with Gasteiger partial charge < -0.3 is 10.4 Å². The molecule has 1 aliphatic carbocycles. The Kier molecular flexibility index (Phi) is 4.02. The van der Waals surface area contributed by atoms with Crippen LogP contribution in [0.2, 0.25) is 0 Å². The van der Waals surface area contributed by atoms with Crippen molar-refractivity contribution in [2.24, 2.45) is 5.92 Å². The Balaban J connectivity index is 2.13. The average Bonchev–Trinajstić information content (AvgIpc) is 2.51. The summed E-state index contributed by atoms with van der Waals surface area (Å²) in [6, 6.07) is 0.487. The maximum Gasteiger partial charge on any atom is 0.0692 e. The van der Waals surface area contributed by atoms with Crippen LogP contribution in [0.15, 0.2) is 0 Å². The molecule has 0 aromatic heterocycles. The van der Waals surface area contributed by atoms with Crippen LogP contribution in [0.25, 0.3) is 0 Å². The number of hydrogen-bond acceptors (Lipinski definition) is 2. The molecule has 2 nitrogen and oxygen atoms in total. The van der Waals surface area contributed by atoms with Crippen LogP contribution in [0.1, 0.15) is 39.5 Å². The van der Waals surface area contributed by atoms with E-state index in [0.717, 1.165) is 6.54 Å². The van der Waals surface area contributed by atoms with E-state index < -0.39 is 0 Å². The summed E-state index contributed by atoms with van der Waals surface area (Å²) >= 11 is 0. The van der Waals surface area contributed by atoms with Gasteiger partial charge >= 0.3 is 0 Å². The van der Waals surface area contributed by atoms with E-state index in [1.54, 1.807) is 0 Å². The van der Waals surface area contributed by atoms with Crippen molar-refractivity contribution in [3.8, 4) is 0 Å². The fourth-order valence-corrected chi connectivity index (χ4v) is 1.87. The molecular formula is C10H21NO. The van der Waals surface area contributed by atoms with Crippen molar-refractivity contribution in [1.29, 1.82) is 0 Å². The Hall–Kier alpha value is -0.0800. The van der Waals surface area contributed by atoms with Crippen LogP contribution >= 0.6 is 0 Å². The van der Waals surface area contributed by atoms with Gasteiger partial charge in [0, 0.05) is 12.6 Å². The Morgan fingerprint density at radius 3 is 2.42 bits per heavy atom. The smallest absolute Gasteiger partial charge is 0.0692 e. The molecule has 72 valence electrons. The lowest BCUT2D eigenvalue weighted by atomic mass is 10.0. The van der Waals surface area contributed by atoms with E-state index >= 15 is 0 Å². The maximum absolute atomic E-state index is 9.74. The lowest BCUT2D eigenvalue weighted by molar-refractivity contribution is 0.107. The first kappa shape index (κ1) is 10.0. The standard InChI is InChI=1S/C10H21NO/c1-8(2)11-7-10(12)9-5-3-4-6-9/h8-12H,3-7H2,1-2H3. The Bertz CT molecular complexity index is 119. The third kappa shape index (κ3) is 3.11. The van der Waals surface area contributed by atoms with Crippen molar-refractivity contribution in [3.05, 3.63) is 0 Å². The van der Waals surface area contributed by atoms with E-state index in [1.165, 1.54) is 25.7 Å². The van der Waals surface area contributed by atoms with E-state index in [4.69, 9.17) is 0 Å². The molecule has 12 heavy (non-hydrogen) atoms. The number of hydrogen-bond donors (Lipinski definition) is 2. The summed E-state index contributed by atoms with van der Waals surface area (Å²) in [4.78, 5) is 0. The SMILES string of the molecule is CC(C)NCC(O)C1CCCC1. The van der Waals surface area contributed by atoms with Crippen molar-refractivity contribution in [2.75, 3.05) is 6.54 Å². The molecule has 1 aliphatic rings. The Labute approximate surface area is 75.4 Å². The zero-order valence-electron chi connectivity index (χ0n) is 8.21. The van der Waals surface area contributed by atoms with Crippen LogP contribution in [0.3, 0.4) is 0 Å². The quantitative estimate of drug-likeness (QED) is 0.672. The van der Waals surface area contributed by atoms with Crippen molar-refractivity contribution >= 4 is 0 Å². The highest BCUT2D eigenvalue weighted by Gasteiger charge is 2.22. The lowest BCUT2D eigenvalue weighted by Crippen LogP contribution is -2.35. The van der Waals surface area contributed by atoms with Gasteiger partial charge in [-0.15, -0.1) is 0 Å². The molecule has 1 unspecified atom stereocenters. The molecule has 0 aromatic rings. The topological polar surface area (TPSA) is 32.3 Å². The minimum atomic E-state index is -0.116. The molecule has 0 aliphatic heterocycles. The normalized spacial score (nSPS) is 22.0. The van der Waals surface area contributed by atoms with Gasteiger partial charge in [-0.25, -0.2) is 0 Å². The highest BCUT2D eigenvalue weighted by Crippen LogP contribution is 2.27. The lowest BCUT2D eigenvalue weighted by Gasteiger charge is -2.19. The molecule has 0 radical (unpaired) electrons. The van der Waals surface area contributed by atoms with Gasteiger partial charge in [0.1, 0.15) is 0 Å². The van der Waals surface area contributed by atoms with Gasteiger partial charge in [0.15, 0.2) is 0 Å². The van der Waals surface area contributed by atoms with Gasteiger partial charge in [-0.2, -0.15) is 0 Å². The zero-order chi connectivity index (χ0) is 8.97. The first-order valence-corrected chi connectivity index (χ1v) is 5.11. The summed E-state index contributed by atoms with van der Waals surface area (Å²) < 4.78 is 0. The van der Waals surface area contributed by atoms with Gasteiger partial charge in [-0.1, -0.05) is 26.7 Å². The predicted octanol–water partition coefficient (Wildman–Crippen LogP) is 1.54. The molecule has 0 heterocycles. The fourth-order valence-electron chi connectivity index (χ4n) is 1.87. The minimum Gasteiger partial charge on any atom is -0.392 e. The molecule has 1 atom stereocenters. The van der Waals surface area contributed by atoms with Gasteiger partial charge in [-0.05, 0) is 18.8 Å². The second-order valence-electron chi connectivity index (χ2n) is 4.17. The van der Waals surface area contributed by atoms with Gasteiger partial charge in [0.05, 0.1) is 6.10 Å². The molecule has 0 saturated heterocycles. The van der Waals surface area contributed by atoms with Crippen LogP contribution in [0.4, 0.5) is 0 Å². The number of aliphatic hydroxyl groups is 1. The largest absolute Gasteiger partial charge is 0.392 e. The number of rotatable bonds is 4. The van der Waals surface area contributed by atoms with Crippen LogP contribution in [0, 0.1) is 5.92 Å². The molecule has 0 amide bonds. The molecule has 1 fully saturated rings. The first-order chi connectivity index (χ1) is 5.70. The van der Waals surface area contributed by atoms with Crippen molar-refractivity contribution in [3.63, 3.8) is 0 Å². The van der Waals surface area contributed by atoms with E-state index in [2.05, 4.69) is 19.2 Å². The molecule has 2 N–H and O–H groups in total. The van der Waals surface area contributed by atoms with E-state index in [0.29, 0.717) is 12.0 Å². The summed E-state index contributed by atoms with van der Waals surface area (Å²) in [5.74, 6) is 0.566. The van der Waals surface area contributed by atoms with Gasteiger partial charge in [0.25, 0.3) is 0 Å². The summed E-state index contributed by atoms with van der Waals surface area (Å²) in [5.41, 5.74) is 0. The Morgan fingerprint density at radius 2 is 1.92 bits per heavy atom. The average molecular weight is 171 g/mol. The van der Waals surface area contributed by atoms with Crippen molar-refractivity contribution in [1.82, 2.24) is 5.32 Å². The predicted molar refractivity (Wildman–Crippen MR) is 51.1 cm³/mol. The monoisotopic (exact) mass is 171 g/mol. The van der Waals surface area contributed by atoms with Crippen molar-refractivity contribution < 1.29 is 5.11 Å². The van der Waals surface area contributed by atoms with Crippen LogP contribution in [-0.4, -0.2) is 23.8 Å². The van der Waals surface area contributed by atoms with Crippen LogP contribution in [-0.2, 0) is 0 Å². The third-order valence-corrected chi connectivity index (χ3v) is 2.68. The minimum absolute atomic E-state index is 0.116. The van der Waals surface area contributed by atoms with Gasteiger partial charge in [0.2, 0.25) is 0 Å². The highest BCUT2D eigenvalue weighted by atomic mass is 16.3. The summed E-state index contributed by atoms with van der Waals surface area (Å²) in [6.07, 6.45) is 4.95.